The lowest BCUT2D eigenvalue weighted by Gasteiger charge is -2.04. The molecule has 0 aromatic carbocycles. The number of sulfonamides is 1. The number of hydrogen-bond acceptors (Lipinski definition) is 5. The van der Waals surface area contributed by atoms with E-state index in [1.165, 1.54) is 17.5 Å². The summed E-state index contributed by atoms with van der Waals surface area (Å²) in [5, 5.41) is 7.17. The van der Waals surface area contributed by atoms with Crippen LogP contribution in [-0.2, 0) is 16.6 Å². The van der Waals surface area contributed by atoms with E-state index < -0.39 is 10.0 Å². The lowest BCUT2D eigenvalue weighted by molar-refractivity contribution is 0.532. The molecule has 116 valence electrons. The highest BCUT2D eigenvalue weighted by Gasteiger charge is 2.19. The van der Waals surface area contributed by atoms with Crippen molar-refractivity contribution in [1.29, 1.82) is 0 Å². The average Bonchev–Trinajstić information content (AvgIpc) is 2.98. The van der Waals surface area contributed by atoms with E-state index in [0.717, 1.165) is 10.4 Å². The van der Waals surface area contributed by atoms with E-state index in [4.69, 9.17) is 0 Å². The third-order valence-electron chi connectivity index (χ3n) is 2.98. The first-order valence-corrected chi connectivity index (χ1v) is 8.94. The Labute approximate surface area is 129 Å². The molecule has 0 spiro atoms. The summed E-state index contributed by atoms with van der Waals surface area (Å²) >= 11 is 1.28. The fourth-order valence-electron chi connectivity index (χ4n) is 1.84. The van der Waals surface area contributed by atoms with Crippen LogP contribution in [0, 0.1) is 6.92 Å². The SMILES string of the molecule is CNCc1sc(S(=O)(=O)Nc2cnn(C(C)C)c2)cc1C. The Balaban J connectivity index is 2.23. The molecule has 2 rings (SSSR count). The van der Waals surface area contributed by atoms with Crippen molar-refractivity contribution >= 4 is 27.0 Å². The molecule has 0 unspecified atom stereocenters. The van der Waals surface area contributed by atoms with Crippen LogP contribution in [0.25, 0.3) is 0 Å². The Morgan fingerprint density at radius 3 is 2.71 bits per heavy atom. The Bertz CT molecular complexity index is 716. The fraction of sp³-hybridized carbons (Fsp3) is 0.462. The molecule has 6 nitrogen and oxygen atoms in total. The first kappa shape index (κ1) is 16.0. The molecule has 2 aromatic heterocycles. The molecule has 0 radical (unpaired) electrons. The molecular weight excluding hydrogens is 308 g/mol. The van der Waals surface area contributed by atoms with Gasteiger partial charge in [0.25, 0.3) is 10.0 Å². The lowest BCUT2D eigenvalue weighted by atomic mass is 10.3. The van der Waals surface area contributed by atoms with Crippen LogP contribution in [0.4, 0.5) is 5.69 Å². The summed E-state index contributed by atoms with van der Waals surface area (Å²) in [5.74, 6) is 0. The normalized spacial score (nSPS) is 12.0. The maximum atomic E-state index is 12.4. The quantitative estimate of drug-likeness (QED) is 0.853. The Morgan fingerprint density at radius 1 is 1.43 bits per heavy atom. The van der Waals surface area contributed by atoms with Crippen LogP contribution < -0.4 is 10.0 Å². The third kappa shape index (κ3) is 3.63. The van der Waals surface area contributed by atoms with Crippen LogP contribution in [0.2, 0.25) is 0 Å². The van der Waals surface area contributed by atoms with E-state index in [1.54, 1.807) is 16.9 Å². The van der Waals surface area contributed by atoms with Gasteiger partial charge in [-0.3, -0.25) is 9.40 Å². The lowest BCUT2D eigenvalue weighted by Crippen LogP contribution is -2.11. The molecule has 0 fully saturated rings. The summed E-state index contributed by atoms with van der Waals surface area (Å²) in [6, 6.07) is 1.89. The molecule has 0 saturated heterocycles. The van der Waals surface area contributed by atoms with Crippen molar-refractivity contribution in [2.45, 2.75) is 37.6 Å². The predicted octanol–water partition coefficient (Wildman–Crippen LogP) is 2.35. The molecule has 0 amide bonds. The second-order valence-electron chi connectivity index (χ2n) is 5.11. The number of thiophene rings is 1. The van der Waals surface area contributed by atoms with Gasteiger partial charge in [0.15, 0.2) is 0 Å². The first-order valence-electron chi connectivity index (χ1n) is 6.64. The van der Waals surface area contributed by atoms with Crippen LogP contribution >= 0.6 is 11.3 Å². The number of aryl methyl sites for hydroxylation is 1. The van der Waals surface area contributed by atoms with Crippen LogP contribution in [0.3, 0.4) is 0 Å². The zero-order chi connectivity index (χ0) is 15.6. The van der Waals surface area contributed by atoms with Crippen molar-refractivity contribution in [1.82, 2.24) is 15.1 Å². The minimum Gasteiger partial charge on any atom is -0.315 e. The minimum absolute atomic E-state index is 0.189. The number of anilines is 1. The smallest absolute Gasteiger partial charge is 0.271 e. The number of nitrogens with zero attached hydrogens (tertiary/aromatic N) is 2. The third-order valence-corrected chi connectivity index (χ3v) is 6.07. The molecule has 2 heterocycles. The Kier molecular flexibility index (Phi) is 4.70. The van der Waals surface area contributed by atoms with Crippen molar-refractivity contribution in [3.05, 3.63) is 28.9 Å². The van der Waals surface area contributed by atoms with Crippen molar-refractivity contribution in [2.24, 2.45) is 0 Å². The van der Waals surface area contributed by atoms with Gasteiger partial charge in [-0.2, -0.15) is 5.10 Å². The summed E-state index contributed by atoms with van der Waals surface area (Å²) in [4.78, 5) is 1.02. The van der Waals surface area contributed by atoms with E-state index in [2.05, 4.69) is 15.1 Å². The van der Waals surface area contributed by atoms with E-state index in [9.17, 15) is 8.42 Å². The van der Waals surface area contributed by atoms with Gasteiger partial charge in [-0.25, -0.2) is 8.42 Å². The van der Waals surface area contributed by atoms with Gasteiger partial charge in [0.05, 0.1) is 11.9 Å². The van der Waals surface area contributed by atoms with Gasteiger partial charge < -0.3 is 5.32 Å². The molecule has 0 bridgehead atoms. The summed E-state index contributed by atoms with van der Waals surface area (Å²) < 4.78 is 29.4. The second kappa shape index (κ2) is 6.17. The van der Waals surface area contributed by atoms with Crippen molar-refractivity contribution in [3.8, 4) is 0 Å². The standard InChI is InChI=1S/C13H20N4O2S2/c1-9(2)17-8-11(6-15-17)16-21(18,19)13-5-10(3)12(20-13)7-14-4/h5-6,8-9,14,16H,7H2,1-4H3. The molecule has 21 heavy (non-hydrogen) atoms. The summed E-state index contributed by atoms with van der Waals surface area (Å²) in [6.07, 6.45) is 3.21. The van der Waals surface area contributed by atoms with E-state index in [0.29, 0.717) is 16.4 Å². The molecule has 8 heteroatoms. The second-order valence-corrected chi connectivity index (χ2v) is 8.16. The topological polar surface area (TPSA) is 76.0 Å². The first-order chi connectivity index (χ1) is 9.83. The van der Waals surface area contributed by atoms with E-state index in [1.807, 2.05) is 27.8 Å². The zero-order valence-electron chi connectivity index (χ0n) is 12.5. The number of aromatic nitrogens is 2. The Morgan fingerprint density at radius 2 is 2.14 bits per heavy atom. The highest BCUT2D eigenvalue weighted by atomic mass is 32.2. The van der Waals surface area contributed by atoms with Gasteiger partial charge in [-0.15, -0.1) is 11.3 Å². The molecule has 0 atom stereocenters. The van der Waals surface area contributed by atoms with Crippen molar-refractivity contribution in [3.63, 3.8) is 0 Å². The predicted molar refractivity (Wildman–Crippen MR) is 85.2 cm³/mol. The fourth-order valence-corrected chi connectivity index (χ4v) is 4.46. The van der Waals surface area contributed by atoms with Crippen LogP contribution in [0.1, 0.15) is 30.3 Å². The molecule has 0 aliphatic carbocycles. The maximum Gasteiger partial charge on any atom is 0.271 e. The summed E-state index contributed by atoms with van der Waals surface area (Å²) in [5.41, 5.74) is 1.46. The summed E-state index contributed by atoms with van der Waals surface area (Å²) in [6.45, 7) is 6.55. The monoisotopic (exact) mass is 328 g/mol. The molecule has 2 aromatic rings. The van der Waals surface area contributed by atoms with E-state index in [-0.39, 0.29) is 6.04 Å². The van der Waals surface area contributed by atoms with Gasteiger partial charge >= 0.3 is 0 Å². The zero-order valence-corrected chi connectivity index (χ0v) is 14.2. The average molecular weight is 328 g/mol. The summed E-state index contributed by atoms with van der Waals surface area (Å²) in [7, 11) is -1.72. The highest BCUT2D eigenvalue weighted by Crippen LogP contribution is 2.27. The molecule has 2 N–H and O–H groups in total. The van der Waals surface area contributed by atoms with Crippen LogP contribution in [0.15, 0.2) is 22.7 Å². The van der Waals surface area contributed by atoms with Crippen LogP contribution in [0.5, 0.6) is 0 Å². The van der Waals surface area contributed by atoms with E-state index >= 15 is 0 Å². The van der Waals surface area contributed by atoms with Crippen molar-refractivity contribution < 1.29 is 8.42 Å². The maximum absolute atomic E-state index is 12.4. The molecule has 0 aliphatic heterocycles. The largest absolute Gasteiger partial charge is 0.315 e. The van der Waals surface area contributed by atoms with Gasteiger partial charge in [0.2, 0.25) is 0 Å². The van der Waals surface area contributed by atoms with Gasteiger partial charge in [-0.05, 0) is 39.4 Å². The minimum atomic E-state index is -3.56. The van der Waals surface area contributed by atoms with Crippen molar-refractivity contribution in [2.75, 3.05) is 11.8 Å². The number of hydrogen-bond donors (Lipinski definition) is 2. The number of rotatable bonds is 6. The highest BCUT2D eigenvalue weighted by molar-refractivity contribution is 7.94. The van der Waals surface area contributed by atoms with Gasteiger partial charge in [-0.1, -0.05) is 0 Å². The molecule has 0 aliphatic rings. The number of nitrogens with one attached hydrogen (secondary N) is 2. The van der Waals surface area contributed by atoms with Gasteiger partial charge in [0.1, 0.15) is 4.21 Å². The van der Waals surface area contributed by atoms with Gasteiger partial charge in [0, 0.05) is 23.7 Å². The Hall–Kier alpha value is -1.38. The molecule has 0 saturated carbocycles. The van der Waals surface area contributed by atoms with Crippen LogP contribution in [-0.4, -0.2) is 25.2 Å². The molecular formula is C13H20N4O2S2.